The molecular formula is C64H93F4N15O5. The predicted molar refractivity (Wildman–Crippen MR) is 337 cm³/mol. The van der Waals surface area contributed by atoms with Crippen LogP contribution in [0.2, 0.25) is 0 Å². The van der Waals surface area contributed by atoms with Gasteiger partial charge in [-0.25, -0.2) is 17.6 Å². The maximum atomic E-state index is 17.2. The standard InChI is InChI=1S/C64H93F4N15O5/c1-34-24-49(79-62(73-34)76-45-28-40-16-23-86-58(40)51(54(45)67)39-12-9-20-83(22-15-39)33-48(65)66)72-32-44-27-42-30-47(56(84)53(60(42)88-44)37-10-7-17-70-18-13-37)78-63-74-35(2)25-50(80-63)71-31-43-26-41-29-46(77-64-75-36(3)57(85-6)61(69-4)81-64)55(68)52(59(41)87-43)38-11-8-19-82(5)21-14-38/h13-15,28-30,34-36,43-44,48-50,57,61-64,69-81,84H,7-12,16-27,31-33H2,1-6H3. The van der Waals surface area contributed by atoms with E-state index in [0.717, 1.165) is 97.1 Å². The van der Waals surface area contributed by atoms with Crippen molar-refractivity contribution in [3.8, 4) is 23.0 Å². The van der Waals surface area contributed by atoms with Crippen LogP contribution in [0.3, 0.4) is 0 Å². The van der Waals surface area contributed by atoms with Crippen LogP contribution < -0.4 is 83.3 Å². The maximum Gasteiger partial charge on any atom is 0.251 e. The molecule has 0 aromatic heterocycles. The van der Waals surface area contributed by atoms with Crippen LogP contribution in [0.15, 0.2) is 36.4 Å². The zero-order chi connectivity index (χ0) is 61.2. The van der Waals surface area contributed by atoms with Crippen molar-refractivity contribution in [3.63, 3.8) is 0 Å². The van der Waals surface area contributed by atoms with Crippen LogP contribution in [0.25, 0.3) is 16.7 Å². The third kappa shape index (κ3) is 14.2. The molecule has 0 radical (unpaired) electrons. The van der Waals surface area contributed by atoms with Crippen molar-refractivity contribution in [1.29, 1.82) is 0 Å². The van der Waals surface area contributed by atoms with Crippen LogP contribution in [0.4, 0.5) is 34.6 Å². The number of rotatable bonds is 19. The van der Waals surface area contributed by atoms with Gasteiger partial charge in [-0.2, -0.15) is 0 Å². The maximum absolute atomic E-state index is 17.2. The first-order valence-electron chi connectivity index (χ1n) is 32.2. The van der Waals surface area contributed by atoms with Gasteiger partial charge in [0.2, 0.25) is 0 Å². The summed E-state index contributed by atoms with van der Waals surface area (Å²) in [6.45, 7) is 11.6. The van der Waals surface area contributed by atoms with Crippen molar-refractivity contribution < 1.29 is 41.6 Å². The quantitative estimate of drug-likeness (QED) is 0.0546. The number of hydrogen-bond acceptors (Lipinski definition) is 20. The number of aromatic hydroxyl groups is 1. The molecule has 9 heterocycles. The number of fused-ring (bicyclic) bond motifs is 3. The number of nitrogens with one attached hydrogen (secondary N) is 13. The van der Waals surface area contributed by atoms with Crippen molar-refractivity contribution in [2.24, 2.45) is 0 Å². The molecule has 3 aromatic rings. The van der Waals surface area contributed by atoms with Gasteiger partial charge in [-0.3, -0.25) is 47.4 Å². The van der Waals surface area contributed by atoms with E-state index < -0.39 is 31.1 Å². The number of halogens is 4. The number of methoxy groups -OCH3 is 1. The van der Waals surface area contributed by atoms with E-state index in [0.29, 0.717) is 117 Å². The molecule has 0 spiro atoms. The average Bonchev–Trinajstić information content (AvgIpc) is 1.73. The number of anilines is 3. The number of phenols is 1. The first-order valence-corrected chi connectivity index (χ1v) is 32.2. The Balaban J connectivity index is 0.702. The number of benzene rings is 3. The van der Waals surface area contributed by atoms with Crippen LogP contribution in [0.5, 0.6) is 23.0 Å². The second-order valence-electron chi connectivity index (χ2n) is 25.6. The molecule has 3 aromatic carbocycles. The van der Waals surface area contributed by atoms with Crippen LogP contribution in [-0.4, -0.2) is 182 Å². The largest absolute Gasteiger partial charge is 0.505 e. The van der Waals surface area contributed by atoms with Gasteiger partial charge in [-0.15, -0.1) is 0 Å². The Morgan fingerprint density at radius 1 is 0.670 bits per heavy atom. The summed E-state index contributed by atoms with van der Waals surface area (Å²) >= 11 is 0. The molecule has 88 heavy (non-hydrogen) atoms. The highest BCUT2D eigenvalue weighted by Gasteiger charge is 2.39. The van der Waals surface area contributed by atoms with Crippen molar-refractivity contribution in [1.82, 2.24) is 63.0 Å². The van der Waals surface area contributed by atoms with Gasteiger partial charge in [0.15, 0.2) is 11.6 Å². The Morgan fingerprint density at radius 3 is 1.89 bits per heavy atom. The minimum absolute atomic E-state index is 0.0113. The molecule has 0 saturated carbocycles. The molecule has 0 amide bonds. The summed E-state index contributed by atoms with van der Waals surface area (Å²) in [5.74, 6) is 1.29. The Labute approximate surface area is 515 Å². The third-order valence-corrected chi connectivity index (χ3v) is 18.9. The summed E-state index contributed by atoms with van der Waals surface area (Å²) < 4.78 is 86.0. The third-order valence-electron chi connectivity index (χ3n) is 18.9. The van der Waals surface area contributed by atoms with Gasteiger partial charge in [-0.05, 0) is 141 Å². The number of nitrogens with zero attached hydrogens (tertiary/aromatic N) is 2. The Morgan fingerprint density at radius 2 is 1.24 bits per heavy atom. The van der Waals surface area contributed by atoms with Crippen molar-refractivity contribution in [2.45, 2.75) is 172 Å². The fraction of sp³-hybridized carbons (Fsp3) is 0.625. The topological polar surface area (TPSA) is 220 Å². The number of allylic oxidation sites excluding steroid dienone is 3. The van der Waals surface area contributed by atoms with Gasteiger partial charge in [0, 0.05) is 93.9 Å². The molecule has 20 nitrogen and oxygen atoms in total. The summed E-state index contributed by atoms with van der Waals surface area (Å²) in [5, 5.41) is 58.7. The lowest BCUT2D eigenvalue weighted by Gasteiger charge is -2.42. The zero-order valence-electron chi connectivity index (χ0n) is 51.8. The molecule has 12 unspecified atom stereocenters. The summed E-state index contributed by atoms with van der Waals surface area (Å²) in [4.78, 5) is 3.97. The predicted octanol–water partition coefficient (Wildman–Crippen LogP) is 5.24. The normalized spacial score (nSPS) is 30.3. The van der Waals surface area contributed by atoms with Crippen molar-refractivity contribution >= 4 is 33.8 Å². The summed E-state index contributed by atoms with van der Waals surface area (Å²) in [5.41, 5.74) is 8.73. The highest BCUT2D eigenvalue weighted by atomic mass is 19.3. The first kappa shape index (κ1) is 62.9. The minimum Gasteiger partial charge on any atom is -0.505 e. The van der Waals surface area contributed by atoms with E-state index in [9.17, 15) is 13.9 Å². The van der Waals surface area contributed by atoms with E-state index in [-0.39, 0.29) is 73.0 Å². The monoisotopic (exact) mass is 1230 g/mol. The SMILES string of the molecule is CNC1NC(Nc2cc3c(c(C4=CCN(C)CCC4)c2F)OC(CNC2CC(C)NC(Nc4cc5c(c(C6=CCNCCC6)c4O)OC(CNC4CC(C)NC(Nc6cc7c(c(C8=CCN(CC(F)F)CCC8)c6F)OCC7)N4)C5)N2)C3)NC(C)C1OC. The Hall–Kier alpha value is -5.32. The Bertz CT molecular complexity index is 3070. The lowest BCUT2D eigenvalue weighted by molar-refractivity contribution is 0.00307. The van der Waals surface area contributed by atoms with Crippen LogP contribution in [0, 0.1) is 11.6 Å². The van der Waals surface area contributed by atoms with Gasteiger partial charge >= 0.3 is 0 Å². The Kier molecular flexibility index (Phi) is 20.0. The molecule has 0 aliphatic carbocycles. The van der Waals surface area contributed by atoms with Crippen LogP contribution in [0.1, 0.15) is 106 Å². The van der Waals surface area contributed by atoms with E-state index in [1.54, 1.807) is 12.0 Å². The van der Waals surface area contributed by atoms with Gasteiger partial charge in [0.05, 0.1) is 65.4 Å². The molecule has 9 aliphatic rings. The minimum atomic E-state index is -2.43. The summed E-state index contributed by atoms with van der Waals surface area (Å²) in [7, 11) is 5.68. The number of alkyl halides is 2. The summed E-state index contributed by atoms with van der Waals surface area (Å²) in [6.07, 6.45) is 9.42. The van der Waals surface area contributed by atoms with Gasteiger partial charge in [0.1, 0.15) is 60.2 Å². The molecule has 12 rings (SSSR count). The molecule has 3 saturated heterocycles. The smallest absolute Gasteiger partial charge is 0.251 e. The average molecular weight is 1230 g/mol. The molecule has 12 atom stereocenters. The number of phenolic OH excluding ortho intramolecular Hbond substituents is 1. The highest BCUT2D eigenvalue weighted by molar-refractivity contribution is 5.84. The number of hydrogen-bond donors (Lipinski definition) is 14. The van der Waals surface area contributed by atoms with Gasteiger partial charge < -0.3 is 55.5 Å². The first-order chi connectivity index (χ1) is 42.6. The molecule has 9 aliphatic heterocycles. The lowest BCUT2D eigenvalue weighted by Crippen LogP contribution is -2.71. The molecule has 14 N–H and O–H groups in total. The van der Waals surface area contributed by atoms with E-state index >= 15 is 8.78 Å². The molecular weight excluding hydrogens is 1130 g/mol. The second kappa shape index (κ2) is 28.0. The molecule has 24 heteroatoms. The van der Waals surface area contributed by atoms with E-state index in [2.05, 4.69) is 114 Å². The second-order valence-corrected chi connectivity index (χ2v) is 25.6. The van der Waals surface area contributed by atoms with E-state index in [1.807, 2.05) is 31.3 Å². The molecule has 482 valence electrons. The fourth-order valence-corrected chi connectivity index (χ4v) is 14.5. The van der Waals surface area contributed by atoms with Crippen molar-refractivity contribution in [3.05, 3.63) is 81.4 Å². The summed E-state index contributed by atoms with van der Waals surface area (Å²) in [6, 6.07) is 5.94. The zero-order valence-corrected chi connectivity index (χ0v) is 51.8. The van der Waals surface area contributed by atoms with Gasteiger partial charge in [0.25, 0.3) is 6.43 Å². The number of likely N-dealkylation sites (N-methyl/N-ethyl adjacent to an activating group) is 2. The fourth-order valence-electron chi connectivity index (χ4n) is 14.5. The van der Waals surface area contributed by atoms with Gasteiger partial charge in [-0.1, -0.05) is 18.2 Å². The molecule has 0 bridgehead atoms. The van der Waals surface area contributed by atoms with E-state index in [1.165, 1.54) is 0 Å². The number of ether oxygens (including phenoxy) is 4. The van der Waals surface area contributed by atoms with Crippen LogP contribution >= 0.6 is 0 Å². The highest BCUT2D eigenvalue weighted by Crippen LogP contribution is 2.48. The van der Waals surface area contributed by atoms with E-state index in [4.69, 9.17) is 18.9 Å². The molecule has 3 fully saturated rings. The van der Waals surface area contributed by atoms with Crippen LogP contribution in [-0.2, 0) is 24.0 Å². The van der Waals surface area contributed by atoms with Crippen molar-refractivity contribution in [2.75, 3.05) is 103 Å². The lowest BCUT2D eigenvalue weighted by atomic mass is 9.95.